The van der Waals surface area contributed by atoms with Crippen molar-refractivity contribution in [2.75, 3.05) is 44.2 Å². The van der Waals surface area contributed by atoms with Crippen LogP contribution in [0.5, 0.6) is 0 Å². The number of aryl methyl sites for hydroxylation is 1. The first-order valence-corrected chi connectivity index (χ1v) is 11.5. The van der Waals surface area contributed by atoms with E-state index in [1.165, 1.54) is 25.3 Å². The highest BCUT2D eigenvalue weighted by Gasteiger charge is 2.34. The molecule has 32 heavy (non-hydrogen) atoms. The molecule has 0 spiro atoms. The smallest absolute Gasteiger partial charge is 0.258 e. The molecule has 2 aliphatic heterocycles. The van der Waals surface area contributed by atoms with Gasteiger partial charge >= 0.3 is 0 Å². The van der Waals surface area contributed by atoms with Crippen molar-refractivity contribution >= 4 is 24.0 Å². The van der Waals surface area contributed by atoms with E-state index >= 15 is 0 Å². The van der Waals surface area contributed by atoms with E-state index in [1.54, 1.807) is 19.1 Å². The number of halogens is 2. The van der Waals surface area contributed by atoms with E-state index in [4.69, 9.17) is 4.52 Å². The Kier molecular flexibility index (Phi) is 7.00. The SMILES string of the molecule is Cc1noc(-c2ccc(N3CCC(C(=O)N4CCCN(C5CCC5)CC4)C3)c(F)c2)n1.Cl. The molecular formula is C23H31ClFN5O2. The van der Waals surface area contributed by atoms with Crippen molar-refractivity contribution in [2.45, 2.75) is 45.1 Å². The maximum Gasteiger partial charge on any atom is 0.258 e. The maximum absolute atomic E-state index is 14.9. The minimum Gasteiger partial charge on any atom is -0.368 e. The quantitative estimate of drug-likeness (QED) is 0.691. The Morgan fingerprint density at radius 3 is 2.62 bits per heavy atom. The fraction of sp³-hybridized carbons (Fsp3) is 0.609. The van der Waals surface area contributed by atoms with Gasteiger partial charge in [0.05, 0.1) is 11.6 Å². The number of rotatable bonds is 4. The molecule has 5 rings (SSSR count). The van der Waals surface area contributed by atoms with E-state index in [2.05, 4.69) is 15.0 Å². The molecule has 2 saturated heterocycles. The Labute approximate surface area is 194 Å². The number of amides is 1. The zero-order valence-corrected chi connectivity index (χ0v) is 19.3. The third-order valence-electron chi connectivity index (χ3n) is 7.03. The highest BCUT2D eigenvalue weighted by molar-refractivity contribution is 5.85. The van der Waals surface area contributed by atoms with Gasteiger partial charge in [0.15, 0.2) is 5.82 Å². The summed E-state index contributed by atoms with van der Waals surface area (Å²) < 4.78 is 20.0. The molecule has 0 radical (unpaired) electrons. The van der Waals surface area contributed by atoms with Crippen molar-refractivity contribution in [1.29, 1.82) is 0 Å². The molecule has 1 amide bonds. The minimum atomic E-state index is -0.327. The zero-order chi connectivity index (χ0) is 21.4. The summed E-state index contributed by atoms with van der Waals surface area (Å²) in [5.74, 6) is 0.677. The number of carbonyl (C=O) groups is 1. The summed E-state index contributed by atoms with van der Waals surface area (Å²) in [7, 11) is 0. The van der Waals surface area contributed by atoms with Gasteiger partial charge in [0.2, 0.25) is 5.91 Å². The number of aromatic nitrogens is 2. The van der Waals surface area contributed by atoms with Crippen molar-refractivity contribution < 1.29 is 13.7 Å². The summed E-state index contributed by atoms with van der Waals surface area (Å²) in [5, 5.41) is 3.76. The molecule has 2 aromatic rings. The normalized spacial score (nSPS) is 22.4. The molecular weight excluding hydrogens is 433 g/mol. The fourth-order valence-corrected chi connectivity index (χ4v) is 5.02. The Balaban J connectivity index is 0.00000245. The Morgan fingerprint density at radius 1 is 1.09 bits per heavy atom. The van der Waals surface area contributed by atoms with E-state index in [-0.39, 0.29) is 30.0 Å². The average molecular weight is 464 g/mol. The first-order chi connectivity index (χ1) is 15.1. The molecule has 3 aliphatic rings. The number of nitrogens with zero attached hydrogens (tertiary/aromatic N) is 5. The van der Waals surface area contributed by atoms with Crippen LogP contribution in [0.15, 0.2) is 22.7 Å². The van der Waals surface area contributed by atoms with Crippen LogP contribution in [-0.2, 0) is 4.79 Å². The fourth-order valence-electron chi connectivity index (χ4n) is 5.02. The summed E-state index contributed by atoms with van der Waals surface area (Å²) in [6, 6.07) is 5.71. The lowest BCUT2D eigenvalue weighted by Gasteiger charge is -2.36. The van der Waals surface area contributed by atoms with Gasteiger partial charge in [-0.05, 0) is 50.8 Å². The van der Waals surface area contributed by atoms with Crippen LogP contribution in [0, 0.1) is 18.7 Å². The highest BCUT2D eigenvalue weighted by atomic mass is 35.5. The summed E-state index contributed by atoms with van der Waals surface area (Å²) in [5.41, 5.74) is 1.09. The molecule has 3 heterocycles. The molecule has 1 aromatic heterocycles. The van der Waals surface area contributed by atoms with Gasteiger partial charge in [-0.2, -0.15) is 4.98 Å². The van der Waals surface area contributed by atoms with E-state index in [0.29, 0.717) is 36.1 Å². The molecule has 1 aliphatic carbocycles. The van der Waals surface area contributed by atoms with Crippen molar-refractivity contribution in [3.63, 3.8) is 0 Å². The Morgan fingerprint density at radius 2 is 1.94 bits per heavy atom. The average Bonchev–Trinajstić information content (AvgIpc) is 3.31. The molecule has 0 N–H and O–H groups in total. The van der Waals surface area contributed by atoms with Gasteiger partial charge in [-0.15, -0.1) is 12.4 Å². The van der Waals surface area contributed by atoms with E-state index in [0.717, 1.165) is 45.1 Å². The predicted molar refractivity (Wildman–Crippen MR) is 122 cm³/mol. The number of benzene rings is 1. The highest BCUT2D eigenvalue weighted by Crippen LogP contribution is 2.31. The van der Waals surface area contributed by atoms with Crippen LogP contribution in [0.2, 0.25) is 0 Å². The number of carbonyl (C=O) groups excluding carboxylic acids is 1. The monoisotopic (exact) mass is 463 g/mol. The van der Waals surface area contributed by atoms with Gasteiger partial charge < -0.3 is 14.3 Å². The van der Waals surface area contributed by atoms with E-state index < -0.39 is 0 Å². The lowest BCUT2D eigenvalue weighted by Crippen LogP contribution is -2.43. The van der Waals surface area contributed by atoms with Crippen LogP contribution in [-0.4, -0.2) is 71.2 Å². The van der Waals surface area contributed by atoms with Gasteiger partial charge in [-0.3, -0.25) is 9.69 Å². The second kappa shape index (κ2) is 9.75. The van der Waals surface area contributed by atoms with Crippen LogP contribution in [0.1, 0.15) is 37.9 Å². The van der Waals surface area contributed by atoms with Gasteiger partial charge in [0.25, 0.3) is 5.89 Å². The predicted octanol–water partition coefficient (Wildman–Crippen LogP) is 3.52. The molecule has 1 saturated carbocycles. The summed E-state index contributed by atoms with van der Waals surface area (Å²) in [6.45, 7) is 6.73. The zero-order valence-electron chi connectivity index (χ0n) is 18.5. The van der Waals surface area contributed by atoms with Gasteiger partial charge in [0, 0.05) is 50.9 Å². The van der Waals surface area contributed by atoms with Crippen LogP contribution in [0.4, 0.5) is 10.1 Å². The molecule has 1 aromatic carbocycles. The number of anilines is 1. The van der Waals surface area contributed by atoms with Crippen LogP contribution >= 0.6 is 12.4 Å². The van der Waals surface area contributed by atoms with Gasteiger partial charge in [-0.1, -0.05) is 11.6 Å². The van der Waals surface area contributed by atoms with E-state index in [9.17, 15) is 9.18 Å². The summed E-state index contributed by atoms with van der Waals surface area (Å²) >= 11 is 0. The lowest BCUT2D eigenvalue weighted by molar-refractivity contribution is -0.134. The van der Waals surface area contributed by atoms with Crippen LogP contribution in [0.25, 0.3) is 11.5 Å². The van der Waals surface area contributed by atoms with Gasteiger partial charge in [-0.25, -0.2) is 4.39 Å². The summed E-state index contributed by atoms with van der Waals surface area (Å²) in [4.78, 5) is 23.9. The molecule has 1 atom stereocenters. The number of hydrogen-bond acceptors (Lipinski definition) is 6. The second-order valence-electron chi connectivity index (χ2n) is 9.04. The third-order valence-corrected chi connectivity index (χ3v) is 7.03. The molecule has 3 fully saturated rings. The number of hydrogen-bond donors (Lipinski definition) is 0. The van der Waals surface area contributed by atoms with Crippen LogP contribution in [0.3, 0.4) is 0 Å². The third kappa shape index (κ3) is 4.62. The molecule has 174 valence electrons. The van der Waals surface area contributed by atoms with E-state index in [1.807, 2.05) is 9.80 Å². The summed E-state index contributed by atoms with van der Waals surface area (Å²) in [6.07, 6.45) is 5.77. The lowest BCUT2D eigenvalue weighted by atomic mass is 9.91. The first-order valence-electron chi connectivity index (χ1n) is 11.5. The van der Waals surface area contributed by atoms with Gasteiger partial charge in [0.1, 0.15) is 5.82 Å². The Hall–Kier alpha value is -2.19. The topological polar surface area (TPSA) is 65.7 Å². The van der Waals surface area contributed by atoms with Crippen molar-refractivity contribution in [2.24, 2.45) is 5.92 Å². The second-order valence-corrected chi connectivity index (χ2v) is 9.04. The largest absolute Gasteiger partial charge is 0.368 e. The van der Waals surface area contributed by atoms with Crippen LogP contribution < -0.4 is 4.90 Å². The van der Waals surface area contributed by atoms with Crippen molar-refractivity contribution in [3.05, 3.63) is 29.8 Å². The molecule has 1 unspecified atom stereocenters. The standard InChI is InChI=1S/C23H30FN5O2.ClH/c1-16-25-22(31-26-16)17-6-7-21(20(24)14-17)29-11-8-18(15-29)23(30)28-10-3-9-27(12-13-28)19-4-2-5-19;/h6-7,14,18-19H,2-5,8-13,15H2,1H3;1H. The van der Waals surface area contributed by atoms with Crippen molar-refractivity contribution in [3.8, 4) is 11.5 Å². The Bertz CT molecular complexity index is 950. The first kappa shape index (κ1) is 23.0. The molecule has 9 heteroatoms. The maximum atomic E-state index is 14.9. The molecule has 7 nitrogen and oxygen atoms in total. The minimum absolute atomic E-state index is 0. The molecule has 0 bridgehead atoms. The van der Waals surface area contributed by atoms with Crippen molar-refractivity contribution in [1.82, 2.24) is 19.9 Å².